The van der Waals surface area contributed by atoms with Crippen LogP contribution in [-0.2, 0) is 11.2 Å². The number of rotatable bonds is 3. The molecular formula is C19H15AsFN5O. The number of carbonyl (C=O) groups excluding carboxylic acids is 1. The second kappa shape index (κ2) is 6.27. The molecular weight excluding hydrogens is 408 g/mol. The molecule has 2 radical (unpaired) electrons. The molecule has 2 unspecified atom stereocenters. The van der Waals surface area contributed by atoms with Crippen LogP contribution in [-0.4, -0.2) is 50.4 Å². The minimum atomic E-state index is -1.03. The quantitative estimate of drug-likeness (QED) is 0.628. The van der Waals surface area contributed by atoms with Gasteiger partial charge in [0.25, 0.3) is 0 Å². The van der Waals surface area contributed by atoms with Crippen molar-refractivity contribution in [1.82, 2.24) is 15.0 Å². The summed E-state index contributed by atoms with van der Waals surface area (Å²) < 4.78 is 13.9. The molecule has 1 fully saturated rings. The van der Waals surface area contributed by atoms with Crippen LogP contribution in [0.3, 0.4) is 0 Å². The standard InChI is InChI=1S/C19H15AsFN5O/c20-18-12-7-24-17(26-19(27)11-5-14(11)21)4-9(12)3-15(25-18)13-6-22-8-16-10(13)1-2-23-16/h3-4,6-8,11,14,23H,1-2,5H2,(H,24,26,27). The number of amides is 1. The monoisotopic (exact) mass is 423 g/mol. The average molecular weight is 423 g/mol. The molecule has 4 heterocycles. The number of fused-ring (bicyclic) bond motifs is 2. The molecule has 3 aromatic heterocycles. The van der Waals surface area contributed by atoms with Crippen molar-refractivity contribution >= 4 is 49.5 Å². The number of hydrogen-bond donors (Lipinski definition) is 2. The third-order valence-corrected chi connectivity index (χ3v) is 5.74. The molecule has 8 heteroatoms. The van der Waals surface area contributed by atoms with E-state index in [-0.39, 0.29) is 5.91 Å². The molecule has 2 aliphatic rings. The summed E-state index contributed by atoms with van der Waals surface area (Å²) in [6, 6.07) is 3.79. The predicted molar refractivity (Wildman–Crippen MR) is 102 cm³/mol. The van der Waals surface area contributed by atoms with E-state index in [0.29, 0.717) is 12.2 Å². The van der Waals surface area contributed by atoms with Gasteiger partial charge in [-0.2, -0.15) is 0 Å². The summed E-state index contributed by atoms with van der Waals surface area (Å²) in [5, 5.41) is 7.85. The van der Waals surface area contributed by atoms with Gasteiger partial charge in [-0.25, -0.2) is 0 Å². The van der Waals surface area contributed by atoms with Gasteiger partial charge in [-0.15, -0.1) is 0 Å². The summed E-state index contributed by atoms with van der Waals surface area (Å²) in [5.74, 6) is -0.430. The Balaban J connectivity index is 1.55. The number of pyridine rings is 3. The Labute approximate surface area is 163 Å². The Morgan fingerprint density at radius 3 is 2.96 bits per heavy atom. The zero-order valence-corrected chi connectivity index (χ0v) is 16.1. The summed E-state index contributed by atoms with van der Waals surface area (Å²) in [4.78, 5) is 25.3. The minimum absolute atomic E-state index is 0.296. The van der Waals surface area contributed by atoms with E-state index < -0.39 is 12.1 Å². The van der Waals surface area contributed by atoms with E-state index in [4.69, 9.17) is 4.98 Å². The van der Waals surface area contributed by atoms with Crippen LogP contribution < -0.4 is 15.1 Å². The van der Waals surface area contributed by atoms with Crippen LogP contribution in [0.2, 0.25) is 0 Å². The number of hydrogen-bond acceptors (Lipinski definition) is 5. The van der Waals surface area contributed by atoms with E-state index >= 15 is 0 Å². The zero-order valence-electron chi connectivity index (χ0n) is 14.2. The van der Waals surface area contributed by atoms with E-state index in [0.717, 1.165) is 45.2 Å². The Morgan fingerprint density at radius 1 is 1.30 bits per heavy atom. The van der Waals surface area contributed by atoms with Gasteiger partial charge in [0.1, 0.15) is 0 Å². The van der Waals surface area contributed by atoms with E-state index in [9.17, 15) is 9.18 Å². The van der Waals surface area contributed by atoms with Gasteiger partial charge in [-0.05, 0) is 0 Å². The van der Waals surface area contributed by atoms with Crippen LogP contribution in [0, 0.1) is 5.92 Å². The van der Waals surface area contributed by atoms with Crippen LogP contribution >= 0.6 is 0 Å². The van der Waals surface area contributed by atoms with E-state index in [1.54, 1.807) is 12.3 Å². The second-order valence-corrected chi connectivity index (χ2v) is 7.75. The fourth-order valence-electron chi connectivity index (χ4n) is 3.44. The van der Waals surface area contributed by atoms with Crippen LogP contribution in [0.4, 0.5) is 15.9 Å². The normalized spacial score (nSPS) is 20.2. The topological polar surface area (TPSA) is 79.8 Å². The third kappa shape index (κ3) is 2.96. The fraction of sp³-hybridized carbons (Fsp3) is 0.263. The van der Waals surface area contributed by atoms with E-state index in [2.05, 4.69) is 37.5 Å². The van der Waals surface area contributed by atoms with Gasteiger partial charge in [0, 0.05) is 0 Å². The first-order valence-corrected chi connectivity index (χ1v) is 9.70. The molecule has 1 aliphatic carbocycles. The molecule has 1 aliphatic heterocycles. The first-order chi connectivity index (χ1) is 13.1. The number of halogens is 1. The molecule has 1 saturated carbocycles. The molecule has 0 aromatic carbocycles. The van der Waals surface area contributed by atoms with Crippen molar-refractivity contribution in [1.29, 1.82) is 0 Å². The van der Waals surface area contributed by atoms with Crippen LogP contribution in [0.25, 0.3) is 22.0 Å². The van der Waals surface area contributed by atoms with Gasteiger partial charge in [0.15, 0.2) is 0 Å². The molecule has 0 bridgehead atoms. The Morgan fingerprint density at radius 2 is 2.15 bits per heavy atom. The van der Waals surface area contributed by atoms with Crippen molar-refractivity contribution in [3.63, 3.8) is 0 Å². The second-order valence-electron chi connectivity index (χ2n) is 6.86. The van der Waals surface area contributed by atoms with Gasteiger partial charge in [0.05, 0.1) is 0 Å². The number of anilines is 2. The third-order valence-electron chi connectivity index (χ3n) is 5.02. The Kier molecular flexibility index (Phi) is 3.86. The van der Waals surface area contributed by atoms with Crippen molar-refractivity contribution in [2.24, 2.45) is 5.92 Å². The van der Waals surface area contributed by atoms with Crippen LogP contribution in [0.5, 0.6) is 0 Å². The van der Waals surface area contributed by atoms with Crippen molar-refractivity contribution in [2.45, 2.75) is 19.0 Å². The van der Waals surface area contributed by atoms with Crippen molar-refractivity contribution in [3.8, 4) is 11.3 Å². The summed E-state index contributed by atoms with van der Waals surface area (Å²) in [6.45, 7) is 0.896. The van der Waals surface area contributed by atoms with Gasteiger partial charge in [0.2, 0.25) is 0 Å². The van der Waals surface area contributed by atoms with E-state index in [1.165, 1.54) is 5.56 Å². The molecule has 2 atom stereocenters. The molecule has 27 heavy (non-hydrogen) atoms. The van der Waals surface area contributed by atoms with Crippen molar-refractivity contribution in [3.05, 3.63) is 36.3 Å². The van der Waals surface area contributed by atoms with E-state index in [1.807, 2.05) is 18.5 Å². The number of nitrogens with one attached hydrogen (secondary N) is 2. The molecule has 0 saturated heterocycles. The predicted octanol–water partition coefficient (Wildman–Crippen LogP) is 1.75. The average Bonchev–Trinajstić information content (AvgIpc) is 3.20. The first kappa shape index (κ1) is 16.6. The number of carbonyl (C=O) groups is 1. The molecule has 6 nitrogen and oxygen atoms in total. The number of alkyl halides is 1. The van der Waals surface area contributed by atoms with Gasteiger partial charge >= 0.3 is 163 Å². The maximum atomic E-state index is 13.1. The summed E-state index contributed by atoms with van der Waals surface area (Å²) >= 11 is 2.47. The first-order valence-electron chi connectivity index (χ1n) is 8.76. The van der Waals surface area contributed by atoms with Gasteiger partial charge < -0.3 is 0 Å². The molecule has 2 N–H and O–H groups in total. The molecule has 1 amide bonds. The Hall–Kier alpha value is -2.53. The zero-order chi connectivity index (χ0) is 18.5. The SMILES string of the molecule is O=C(Nc1cc2cc(-c3cncc4c3CCN4)nc([As])c2cn1)C1CC1F. The molecule has 3 aromatic rings. The van der Waals surface area contributed by atoms with Gasteiger partial charge in [-0.3, -0.25) is 0 Å². The molecule has 0 spiro atoms. The van der Waals surface area contributed by atoms with Crippen LogP contribution in [0.15, 0.2) is 30.7 Å². The summed E-state index contributed by atoms with van der Waals surface area (Å²) in [7, 11) is 0. The van der Waals surface area contributed by atoms with Crippen molar-refractivity contribution < 1.29 is 9.18 Å². The maximum absolute atomic E-state index is 13.1. The summed E-state index contributed by atoms with van der Waals surface area (Å²) in [6.07, 6.45) is 5.56. The number of aromatic nitrogens is 3. The van der Waals surface area contributed by atoms with Gasteiger partial charge in [-0.1, -0.05) is 0 Å². The Bertz CT molecular complexity index is 1090. The van der Waals surface area contributed by atoms with Crippen molar-refractivity contribution in [2.75, 3.05) is 17.2 Å². The number of nitrogens with zero attached hydrogens (tertiary/aromatic N) is 3. The van der Waals surface area contributed by atoms with Crippen LogP contribution in [0.1, 0.15) is 12.0 Å². The summed E-state index contributed by atoms with van der Waals surface area (Å²) in [5.41, 5.74) is 4.11. The fourth-order valence-corrected chi connectivity index (χ4v) is 4.06. The molecule has 134 valence electrons. The molecule has 5 rings (SSSR count).